The monoisotopic (exact) mass is 402 g/mol. The second-order valence-electron chi connectivity index (χ2n) is 5.35. The molecule has 1 N–H and O–H groups in total. The number of ether oxygens (including phenoxy) is 1. The number of carboxylic acid groups (broad SMARTS) is 1. The van der Waals surface area contributed by atoms with Crippen molar-refractivity contribution < 1.29 is 37.3 Å². The number of hydrogen-bond acceptors (Lipinski definition) is 5. The summed E-state index contributed by atoms with van der Waals surface area (Å²) in [6.45, 7) is 2.88. The molecule has 0 bridgehead atoms. The fourth-order valence-electron chi connectivity index (χ4n) is 1.96. The highest BCUT2D eigenvalue weighted by molar-refractivity contribution is 5.75. The largest absolute Gasteiger partial charge is 0.490 e. The Kier molecular flexibility index (Phi) is 8.29. The molecular formula is C17H19F3N3O5+. The maximum atomic E-state index is 11.8. The number of pyridine rings is 1. The first-order chi connectivity index (χ1) is 13.1. The number of hydrogen-bond donors (Lipinski definition) is 1. The van der Waals surface area contributed by atoms with Crippen LogP contribution in [0.15, 0.2) is 41.6 Å². The minimum absolute atomic E-state index is 0.0313. The van der Waals surface area contributed by atoms with Crippen molar-refractivity contribution in [3.8, 4) is 11.1 Å². The van der Waals surface area contributed by atoms with Crippen LogP contribution in [0, 0.1) is 0 Å². The van der Waals surface area contributed by atoms with E-state index >= 15 is 0 Å². The quantitative estimate of drug-likeness (QED) is 0.599. The van der Waals surface area contributed by atoms with Gasteiger partial charge in [0.25, 0.3) is 5.56 Å². The van der Waals surface area contributed by atoms with Crippen LogP contribution < -0.4 is 10.2 Å². The summed E-state index contributed by atoms with van der Waals surface area (Å²) >= 11 is 0. The van der Waals surface area contributed by atoms with Gasteiger partial charge in [-0.05, 0) is 23.7 Å². The van der Waals surface area contributed by atoms with Crippen molar-refractivity contribution in [3.63, 3.8) is 0 Å². The molecule has 2 heterocycles. The maximum absolute atomic E-state index is 11.8. The number of carbonyl (C=O) groups excluding carboxylic acids is 1. The van der Waals surface area contributed by atoms with Crippen LogP contribution in [0.25, 0.3) is 11.1 Å². The Hall–Kier alpha value is -3.24. The Morgan fingerprint density at radius 2 is 1.96 bits per heavy atom. The van der Waals surface area contributed by atoms with Crippen molar-refractivity contribution in [1.82, 2.24) is 9.67 Å². The molecule has 0 aliphatic heterocycles. The van der Waals surface area contributed by atoms with Crippen molar-refractivity contribution in [2.45, 2.75) is 32.6 Å². The predicted molar refractivity (Wildman–Crippen MR) is 90.1 cm³/mol. The van der Waals surface area contributed by atoms with Gasteiger partial charge in [0, 0.05) is 30.4 Å². The smallest absolute Gasteiger partial charge is 0.481 e. The van der Waals surface area contributed by atoms with Crippen LogP contribution in [-0.2, 0) is 27.4 Å². The fraction of sp³-hybridized carbons (Fsp3) is 0.353. The van der Waals surface area contributed by atoms with E-state index in [1.165, 1.54) is 0 Å². The molecule has 11 heteroatoms. The van der Waals surface area contributed by atoms with Crippen LogP contribution >= 0.6 is 0 Å². The molecule has 0 spiro atoms. The SMILES string of the molecule is CCn1ccc(-c2cc[n+](CCC(=O)O)nc2)cc1=O.COC(=O)C(F)(F)F. The molecule has 0 atom stereocenters. The van der Waals surface area contributed by atoms with Gasteiger partial charge in [-0.1, -0.05) is 4.68 Å². The van der Waals surface area contributed by atoms with Crippen molar-refractivity contribution in [2.75, 3.05) is 7.11 Å². The number of rotatable bonds is 5. The normalized spacial score (nSPS) is 10.6. The van der Waals surface area contributed by atoms with Gasteiger partial charge in [-0.3, -0.25) is 9.59 Å². The van der Waals surface area contributed by atoms with Crippen molar-refractivity contribution in [1.29, 1.82) is 0 Å². The molecule has 2 rings (SSSR count). The number of carbonyl (C=O) groups is 2. The molecule has 28 heavy (non-hydrogen) atoms. The maximum Gasteiger partial charge on any atom is 0.490 e. The van der Waals surface area contributed by atoms with Crippen molar-refractivity contribution >= 4 is 11.9 Å². The van der Waals surface area contributed by atoms with E-state index in [2.05, 4.69) is 9.84 Å². The number of aliphatic carboxylic acids is 1. The molecule has 0 amide bonds. The summed E-state index contributed by atoms with van der Waals surface area (Å²) in [6, 6.07) is 5.26. The topological polar surface area (TPSA) is 102 Å². The van der Waals surface area contributed by atoms with Gasteiger partial charge in [-0.2, -0.15) is 13.2 Å². The molecule has 0 fully saturated rings. The summed E-state index contributed by atoms with van der Waals surface area (Å²) in [5, 5.41) is 12.8. The molecule has 0 radical (unpaired) electrons. The van der Waals surface area contributed by atoms with Crippen molar-refractivity contribution in [3.05, 3.63) is 47.1 Å². The van der Waals surface area contributed by atoms with Gasteiger partial charge in [0.2, 0.25) is 0 Å². The van der Waals surface area contributed by atoms with E-state index in [1.54, 1.807) is 33.9 Å². The summed E-state index contributed by atoms with van der Waals surface area (Å²) in [4.78, 5) is 31.7. The second-order valence-corrected chi connectivity index (χ2v) is 5.35. The number of aromatic nitrogens is 3. The number of halogens is 3. The lowest BCUT2D eigenvalue weighted by atomic mass is 10.1. The molecule has 0 saturated heterocycles. The third kappa shape index (κ3) is 7.17. The van der Waals surface area contributed by atoms with E-state index in [0.717, 1.165) is 11.1 Å². The molecule has 2 aromatic heterocycles. The zero-order valence-electron chi connectivity index (χ0n) is 15.1. The van der Waals surface area contributed by atoms with Gasteiger partial charge in [0.05, 0.1) is 7.11 Å². The highest BCUT2D eigenvalue weighted by Gasteiger charge is 2.40. The number of nitrogens with zero attached hydrogens (tertiary/aromatic N) is 3. The third-order valence-electron chi connectivity index (χ3n) is 3.41. The number of aryl methyl sites for hydroxylation is 2. The Labute approximate surface area is 157 Å². The lowest BCUT2D eigenvalue weighted by Crippen LogP contribution is -2.38. The van der Waals surface area contributed by atoms with Crippen LogP contribution in [0.2, 0.25) is 0 Å². The first kappa shape index (κ1) is 22.8. The molecule has 0 aromatic carbocycles. The average molecular weight is 402 g/mol. The van der Waals surface area contributed by atoms with Crippen LogP contribution in [0.3, 0.4) is 0 Å². The van der Waals surface area contributed by atoms with E-state index in [1.807, 2.05) is 19.1 Å². The van der Waals surface area contributed by atoms with Crippen LogP contribution in [-0.4, -0.2) is 40.0 Å². The van der Waals surface area contributed by atoms with E-state index in [-0.39, 0.29) is 12.0 Å². The zero-order valence-corrected chi connectivity index (χ0v) is 15.1. The number of methoxy groups -OCH3 is 1. The molecule has 0 aliphatic rings. The van der Waals surface area contributed by atoms with E-state index in [0.29, 0.717) is 20.2 Å². The number of carboxylic acids is 1. The van der Waals surface area contributed by atoms with Gasteiger partial charge < -0.3 is 14.4 Å². The Morgan fingerprint density at radius 3 is 2.36 bits per heavy atom. The predicted octanol–water partition coefficient (Wildman–Crippen LogP) is 1.41. The first-order valence-corrected chi connectivity index (χ1v) is 8.02. The van der Waals surface area contributed by atoms with Crippen LogP contribution in [0.4, 0.5) is 13.2 Å². The minimum atomic E-state index is -4.85. The Bertz CT molecular complexity index is 864. The summed E-state index contributed by atoms with van der Waals surface area (Å²) in [7, 11) is 0.676. The highest BCUT2D eigenvalue weighted by atomic mass is 19.4. The van der Waals surface area contributed by atoms with Crippen LogP contribution in [0.1, 0.15) is 13.3 Å². The molecule has 152 valence electrons. The summed E-state index contributed by atoms with van der Waals surface area (Å²) < 4.78 is 39.5. The summed E-state index contributed by atoms with van der Waals surface area (Å²) in [5.41, 5.74) is 1.59. The van der Waals surface area contributed by atoms with Crippen molar-refractivity contribution in [2.24, 2.45) is 0 Å². The standard InChI is InChI=1S/C14H15N3O3.C3H3F3O2/c1-2-16-6-3-11(9-13(16)18)12-4-7-17(15-10-12)8-5-14(19)20;1-8-2(7)3(4,5)6/h3-4,6-7,9-10H,2,5,8H2,1H3;1H3/p+1. The summed E-state index contributed by atoms with van der Waals surface area (Å²) in [5.74, 6) is -3.02. The lowest BCUT2D eigenvalue weighted by molar-refractivity contribution is -0.752. The lowest BCUT2D eigenvalue weighted by Gasteiger charge is -2.03. The van der Waals surface area contributed by atoms with Crippen LogP contribution in [0.5, 0.6) is 0 Å². The molecule has 8 nitrogen and oxygen atoms in total. The number of esters is 1. The third-order valence-corrected chi connectivity index (χ3v) is 3.41. The fourth-order valence-corrected chi connectivity index (χ4v) is 1.96. The van der Waals surface area contributed by atoms with Gasteiger partial charge in [0.15, 0.2) is 12.7 Å². The summed E-state index contributed by atoms with van der Waals surface area (Å²) in [6.07, 6.45) is 0.276. The van der Waals surface area contributed by atoms with E-state index in [9.17, 15) is 27.6 Å². The van der Waals surface area contributed by atoms with Gasteiger partial charge in [-0.25, -0.2) is 4.79 Å². The van der Waals surface area contributed by atoms with Gasteiger partial charge in [-0.15, -0.1) is 0 Å². The zero-order chi connectivity index (χ0) is 21.3. The minimum Gasteiger partial charge on any atom is -0.481 e. The highest BCUT2D eigenvalue weighted by Crippen LogP contribution is 2.15. The van der Waals surface area contributed by atoms with E-state index < -0.39 is 18.1 Å². The van der Waals surface area contributed by atoms with E-state index in [4.69, 9.17) is 5.11 Å². The molecular weight excluding hydrogens is 383 g/mol. The molecule has 0 unspecified atom stereocenters. The first-order valence-electron chi connectivity index (χ1n) is 8.02. The second kappa shape index (κ2) is 10.2. The van der Waals surface area contributed by atoms with Gasteiger partial charge >= 0.3 is 18.1 Å². The Morgan fingerprint density at radius 1 is 1.29 bits per heavy atom. The molecule has 2 aromatic rings. The molecule has 0 aliphatic carbocycles. The average Bonchev–Trinajstić information content (AvgIpc) is 2.65. The van der Waals surface area contributed by atoms with Gasteiger partial charge in [0.1, 0.15) is 12.6 Å². The Balaban J connectivity index is 0.000000416. The number of alkyl halides is 3. The molecule has 0 saturated carbocycles.